The average Bonchev–Trinajstić information content (AvgIpc) is 2.78. The summed E-state index contributed by atoms with van der Waals surface area (Å²) in [6, 6.07) is 22.0. The van der Waals surface area contributed by atoms with Gasteiger partial charge in [0.15, 0.2) is 0 Å². The Morgan fingerprint density at radius 1 is 0.844 bits per heavy atom. The normalized spacial score (nSPS) is 11.1. The van der Waals surface area contributed by atoms with E-state index >= 15 is 0 Å². The Hall–Kier alpha value is -3.32. The molecule has 0 bridgehead atoms. The smallest absolute Gasteiger partial charge is 0.253 e. The minimum absolute atomic E-state index is 0.142. The molecule has 6 nitrogen and oxygen atoms in total. The van der Waals surface area contributed by atoms with E-state index in [1.165, 1.54) is 10.6 Å². The molecule has 0 aliphatic carbocycles. The van der Waals surface area contributed by atoms with Crippen molar-refractivity contribution in [2.75, 3.05) is 24.7 Å². The summed E-state index contributed by atoms with van der Waals surface area (Å²) in [6.45, 7) is 2.66. The Morgan fingerprint density at radius 2 is 1.38 bits per heavy atom. The van der Waals surface area contributed by atoms with Gasteiger partial charge in [0, 0.05) is 19.2 Å². The summed E-state index contributed by atoms with van der Waals surface area (Å²) >= 11 is 0. The first-order chi connectivity index (χ1) is 15.2. The molecule has 0 aromatic heterocycles. The van der Waals surface area contributed by atoms with Crippen molar-refractivity contribution in [1.82, 2.24) is 4.90 Å². The number of carbonyl (C=O) groups is 1. The molecule has 0 aliphatic rings. The lowest BCUT2D eigenvalue weighted by Crippen LogP contribution is -2.29. The monoisotopic (exact) mass is 452 g/mol. The second-order valence-corrected chi connectivity index (χ2v) is 9.72. The third-order valence-electron chi connectivity index (χ3n) is 5.17. The van der Waals surface area contributed by atoms with Crippen LogP contribution in [0.25, 0.3) is 0 Å². The summed E-state index contributed by atoms with van der Waals surface area (Å²) in [6.07, 6.45) is 1.18. The number of sulfonamides is 1. The number of hydrogen-bond acceptors (Lipinski definition) is 4. The van der Waals surface area contributed by atoms with Crippen LogP contribution in [-0.2, 0) is 23.1 Å². The number of hydrogen-bond donors (Lipinski definition) is 0. The van der Waals surface area contributed by atoms with Crippen LogP contribution in [0.4, 0.5) is 5.69 Å². The third-order valence-corrected chi connectivity index (χ3v) is 6.32. The van der Waals surface area contributed by atoms with Crippen molar-refractivity contribution in [3.63, 3.8) is 0 Å². The second kappa shape index (κ2) is 9.87. The number of aryl methyl sites for hydroxylation is 1. The molecule has 32 heavy (non-hydrogen) atoms. The molecule has 0 heterocycles. The first-order valence-corrected chi connectivity index (χ1v) is 12.0. The zero-order chi connectivity index (χ0) is 23.3. The van der Waals surface area contributed by atoms with Crippen LogP contribution >= 0.6 is 0 Å². The second-order valence-electron chi connectivity index (χ2n) is 7.81. The number of amides is 1. The number of rotatable bonds is 8. The maximum atomic E-state index is 12.8. The molecule has 3 rings (SSSR count). The quantitative estimate of drug-likeness (QED) is 0.513. The number of anilines is 1. The molecule has 1 amide bonds. The van der Waals surface area contributed by atoms with E-state index in [1.807, 2.05) is 55.5 Å². The van der Waals surface area contributed by atoms with E-state index in [0.717, 1.165) is 22.4 Å². The van der Waals surface area contributed by atoms with Gasteiger partial charge in [0.25, 0.3) is 5.91 Å². The number of ether oxygens (including phenoxy) is 1. The number of nitrogens with zero attached hydrogens (tertiary/aromatic N) is 2. The molecule has 0 fully saturated rings. The highest BCUT2D eigenvalue weighted by Gasteiger charge is 2.19. The minimum Gasteiger partial charge on any atom is -0.497 e. The predicted octanol–water partition coefficient (Wildman–Crippen LogP) is 4.24. The molecule has 3 aromatic rings. The average molecular weight is 453 g/mol. The summed E-state index contributed by atoms with van der Waals surface area (Å²) in [5.74, 6) is 0.621. The Kier molecular flexibility index (Phi) is 7.20. The minimum atomic E-state index is -3.49. The molecule has 0 unspecified atom stereocenters. The molecule has 0 saturated carbocycles. The van der Waals surface area contributed by atoms with Crippen LogP contribution in [0.15, 0.2) is 72.8 Å². The standard InChI is InChI=1S/C25H28N2O4S/c1-19-5-7-21(8-6-19)18-27(32(4,29)30)23-13-11-22(12-14-23)25(28)26(2)17-20-9-15-24(31-3)16-10-20/h5-16H,17-18H2,1-4H3. The van der Waals surface area contributed by atoms with E-state index < -0.39 is 10.0 Å². The molecule has 168 valence electrons. The van der Waals surface area contributed by atoms with E-state index in [0.29, 0.717) is 17.8 Å². The van der Waals surface area contributed by atoms with Crippen LogP contribution in [0.1, 0.15) is 27.0 Å². The maximum absolute atomic E-state index is 12.8. The molecule has 0 atom stereocenters. The van der Waals surface area contributed by atoms with Gasteiger partial charge in [0.2, 0.25) is 10.0 Å². The molecular weight excluding hydrogens is 424 g/mol. The van der Waals surface area contributed by atoms with Crippen molar-refractivity contribution in [2.45, 2.75) is 20.0 Å². The third kappa shape index (κ3) is 5.88. The molecule has 7 heteroatoms. The fraction of sp³-hybridized carbons (Fsp3) is 0.240. The van der Waals surface area contributed by atoms with Crippen molar-refractivity contribution < 1.29 is 17.9 Å². The van der Waals surface area contributed by atoms with Gasteiger partial charge in [-0.2, -0.15) is 0 Å². The molecule has 0 radical (unpaired) electrons. The molecule has 3 aromatic carbocycles. The summed E-state index contributed by atoms with van der Waals surface area (Å²) in [4.78, 5) is 14.5. The van der Waals surface area contributed by atoms with E-state index in [1.54, 1.807) is 43.3 Å². The highest BCUT2D eigenvalue weighted by Crippen LogP contribution is 2.22. The first-order valence-electron chi connectivity index (χ1n) is 10.2. The van der Waals surface area contributed by atoms with Gasteiger partial charge < -0.3 is 9.64 Å². The topological polar surface area (TPSA) is 66.9 Å². The van der Waals surface area contributed by atoms with E-state index in [2.05, 4.69) is 0 Å². The lowest BCUT2D eigenvalue weighted by Gasteiger charge is -2.23. The predicted molar refractivity (Wildman–Crippen MR) is 127 cm³/mol. The zero-order valence-electron chi connectivity index (χ0n) is 18.8. The van der Waals surface area contributed by atoms with Crippen LogP contribution in [0, 0.1) is 6.92 Å². The van der Waals surface area contributed by atoms with Crippen LogP contribution in [0.2, 0.25) is 0 Å². The van der Waals surface area contributed by atoms with Crippen molar-refractivity contribution in [1.29, 1.82) is 0 Å². The number of carbonyl (C=O) groups excluding carboxylic acids is 1. The van der Waals surface area contributed by atoms with Gasteiger partial charge in [0.1, 0.15) is 5.75 Å². The van der Waals surface area contributed by atoms with Gasteiger partial charge in [-0.3, -0.25) is 9.10 Å². The fourth-order valence-electron chi connectivity index (χ4n) is 3.33. The highest BCUT2D eigenvalue weighted by molar-refractivity contribution is 7.92. The van der Waals surface area contributed by atoms with Gasteiger partial charge in [0.05, 0.1) is 25.6 Å². The van der Waals surface area contributed by atoms with E-state index in [4.69, 9.17) is 4.74 Å². The lowest BCUT2D eigenvalue weighted by atomic mass is 10.1. The number of benzene rings is 3. The summed E-state index contributed by atoms with van der Waals surface area (Å²) in [7, 11) is -0.147. The van der Waals surface area contributed by atoms with Gasteiger partial charge in [-0.1, -0.05) is 42.0 Å². The maximum Gasteiger partial charge on any atom is 0.253 e. The summed E-state index contributed by atoms with van der Waals surface area (Å²) < 4.78 is 31.3. The van der Waals surface area contributed by atoms with Crippen molar-refractivity contribution in [3.8, 4) is 5.75 Å². The Labute approximate surface area is 190 Å². The summed E-state index contributed by atoms with van der Waals surface area (Å²) in [5.41, 5.74) is 4.00. The largest absolute Gasteiger partial charge is 0.497 e. The van der Waals surface area contributed by atoms with Crippen molar-refractivity contribution in [2.24, 2.45) is 0 Å². The van der Waals surface area contributed by atoms with Gasteiger partial charge >= 0.3 is 0 Å². The van der Waals surface area contributed by atoms with Gasteiger partial charge in [-0.05, 0) is 54.4 Å². The summed E-state index contributed by atoms with van der Waals surface area (Å²) in [5, 5.41) is 0. The highest BCUT2D eigenvalue weighted by atomic mass is 32.2. The fourth-order valence-corrected chi connectivity index (χ4v) is 4.21. The lowest BCUT2D eigenvalue weighted by molar-refractivity contribution is 0.0785. The van der Waals surface area contributed by atoms with Crippen LogP contribution in [-0.4, -0.2) is 39.6 Å². The van der Waals surface area contributed by atoms with Crippen LogP contribution in [0.3, 0.4) is 0 Å². The first kappa shape index (κ1) is 23.3. The molecular formula is C25H28N2O4S. The van der Waals surface area contributed by atoms with Gasteiger partial charge in [-0.25, -0.2) is 8.42 Å². The van der Waals surface area contributed by atoms with Gasteiger partial charge in [-0.15, -0.1) is 0 Å². The van der Waals surface area contributed by atoms with Crippen molar-refractivity contribution in [3.05, 3.63) is 95.1 Å². The molecule has 0 aliphatic heterocycles. The van der Waals surface area contributed by atoms with Crippen LogP contribution in [0.5, 0.6) is 5.75 Å². The van der Waals surface area contributed by atoms with Crippen LogP contribution < -0.4 is 9.04 Å². The van der Waals surface area contributed by atoms with Crippen molar-refractivity contribution >= 4 is 21.6 Å². The Morgan fingerprint density at radius 3 is 1.91 bits per heavy atom. The molecule has 0 spiro atoms. The molecule has 0 N–H and O–H groups in total. The SMILES string of the molecule is COc1ccc(CN(C)C(=O)c2ccc(N(Cc3ccc(C)cc3)S(C)(=O)=O)cc2)cc1. The number of methoxy groups -OCH3 is 1. The van der Waals surface area contributed by atoms with E-state index in [9.17, 15) is 13.2 Å². The van der Waals surface area contributed by atoms with E-state index in [-0.39, 0.29) is 12.5 Å². The Balaban J connectivity index is 1.74. The molecule has 0 saturated heterocycles. The Bertz CT molecular complexity index is 1160. The zero-order valence-corrected chi connectivity index (χ0v) is 19.6.